The highest BCUT2D eigenvalue weighted by Crippen LogP contribution is 2.57. The minimum atomic E-state index is -0.216. The van der Waals surface area contributed by atoms with E-state index in [-0.39, 0.29) is 11.4 Å². The van der Waals surface area contributed by atoms with Crippen LogP contribution in [0.5, 0.6) is 5.75 Å². The molecule has 0 bridgehead atoms. The monoisotopic (exact) mass is 380 g/mol. The van der Waals surface area contributed by atoms with Gasteiger partial charge in [0.2, 0.25) is 0 Å². The zero-order valence-corrected chi connectivity index (χ0v) is 17.0. The normalized spacial score (nSPS) is 26.0. The molecule has 0 amide bonds. The van der Waals surface area contributed by atoms with Gasteiger partial charge in [0.15, 0.2) is 0 Å². The fourth-order valence-corrected chi connectivity index (χ4v) is 5.79. The minimum Gasteiger partial charge on any atom is -0.497 e. The van der Waals surface area contributed by atoms with E-state index in [4.69, 9.17) is 9.47 Å². The van der Waals surface area contributed by atoms with E-state index in [2.05, 4.69) is 34.6 Å². The number of rotatable bonds is 4. The average Bonchev–Trinajstić information content (AvgIpc) is 3.06. The van der Waals surface area contributed by atoms with Crippen LogP contribution in [0.4, 0.5) is 0 Å². The first-order chi connectivity index (χ1) is 13.6. The van der Waals surface area contributed by atoms with Crippen LogP contribution in [0.25, 0.3) is 16.6 Å². The van der Waals surface area contributed by atoms with Crippen molar-refractivity contribution in [2.24, 2.45) is 5.41 Å². The predicted octanol–water partition coefficient (Wildman–Crippen LogP) is 4.16. The molecule has 4 heterocycles. The van der Waals surface area contributed by atoms with Gasteiger partial charge < -0.3 is 14.0 Å². The molecule has 2 atom stereocenters. The van der Waals surface area contributed by atoms with Gasteiger partial charge in [-0.15, -0.1) is 0 Å². The summed E-state index contributed by atoms with van der Waals surface area (Å²) in [6.07, 6.45) is 6.59. The molecule has 1 saturated heterocycles. The Bertz CT molecular complexity index is 989. The molecule has 0 saturated carbocycles. The highest BCUT2D eigenvalue weighted by molar-refractivity contribution is 6.13. The van der Waals surface area contributed by atoms with Crippen LogP contribution in [0.15, 0.2) is 24.3 Å². The van der Waals surface area contributed by atoms with E-state index in [1.165, 1.54) is 23.1 Å². The number of esters is 1. The van der Waals surface area contributed by atoms with Crippen molar-refractivity contribution in [2.45, 2.75) is 45.6 Å². The average molecular weight is 380 g/mol. The third-order valence-corrected chi connectivity index (χ3v) is 7.03. The second-order valence-electron chi connectivity index (χ2n) is 8.21. The van der Waals surface area contributed by atoms with Crippen molar-refractivity contribution >= 4 is 22.6 Å². The molecule has 0 spiro atoms. The summed E-state index contributed by atoms with van der Waals surface area (Å²) in [5, 5.41) is 1.21. The summed E-state index contributed by atoms with van der Waals surface area (Å²) in [6.45, 7) is 6.74. The molecule has 1 unspecified atom stereocenters. The summed E-state index contributed by atoms with van der Waals surface area (Å²) in [5.74, 6) is 0.646. The molecule has 3 aliphatic rings. The SMILES string of the molecule is CCOC(=O)C1=C[C@]2(CC)CCCN3CCc4c(n1c1ccc(OC)cc41)C32. The number of hydrogen-bond acceptors (Lipinski definition) is 4. The van der Waals surface area contributed by atoms with Crippen molar-refractivity contribution < 1.29 is 14.3 Å². The Morgan fingerprint density at radius 2 is 2.14 bits per heavy atom. The molecule has 1 aromatic heterocycles. The van der Waals surface area contributed by atoms with E-state index in [1.54, 1.807) is 7.11 Å². The third-order valence-electron chi connectivity index (χ3n) is 7.03. The van der Waals surface area contributed by atoms with E-state index < -0.39 is 0 Å². The summed E-state index contributed by atoms with van der Waals surface area (Å²) in [7, 11) is 1.71. The topological polar surface area (TPSA) is 43.7 Å². The summed E-state index contributed by atoms with van der Waals surface area (Å²) in [4.78, 5) is 15.7. The second-order valence-corrected chi connectivity index (χ2v) is 8.21. The van der Waals surface area contributed by atoms with Crippen molar-refractivity contribution in [3.8, 4) is 5.75 Å². The molecule has 5 rings (SSSR count). The Hall–Kier alpha value is -2.27. The number of carbonyl (C=O) groups excluding carboxylic acids is 1. The van der Waals surface area contributed by atoms with Gasteiger partial charge in [-0.3, -0.25) is 4.90 Å². The van der Waals surface area contributed by atoms with E-state index in [9.17, 15) is 4.79 Å². The van der Waals surface area contributed by atoms with Crippen LogP contribution in [0.3, 0.4) is 0 Å². The highest BCUT2D eigenvalue weighted by Gasteiger charge is 2.51. The maximum atomic E-state index is 13.0. The number of aromatic nitrogens is 1. The molecule has 148 valence electrons. The van der Waals surface area contributed by atoms with Crippen LogP contribution < -0.4 is 4.74 Å². The first kappa shape index (κ1) is 17.8. The zero-order chi connectivity index (χ0) is 19.5. The molecule has 1 aromatic carbocycles. The molecule has 0 aliphatic carbocycles. The van der Waals surface area contributed by atoms with Crippen molar-refractivity contribution in [1.82, 2.24) is 9.47 Å². The van der Waals surface area contributed by atoms with Gasteiger partial charge in [-0.1, -0.05) is 6.92 Å². The van der Waals surface area contributed by atoms with Crippen molar-refractivity contribution in [3.05, 3.63) is 35.5 Å². The maximum absolute atomic E-state index is 13.0. The largest absolute Gasteiger partial charge is 0.497 e. The van der Waals surface area contributed by atoms with Gasteiger partial charge in [0.1, 0.15) is 11.4 Å². The molecular weight excluding hydrogens is 352 g/mol. The summed E-state index contributed by atoms with van der Waals surface area (Å²) >= 11 is 0. The molecule has 0 N–H and O–H groups in total. The number of methoxy groups -OCH3 is 1. The number of fused-ring (bicyclic) bond motifs is 3. The Balaban J connectivity index is 1.84. The zero-order valence-electron chi connectivity index (χ0n) is 17.0. The lowest BCUT2D eigenvalue weighted by Gasteiger charge is -2.53. The Morgan fingerprint density at radius 1 is 1.29 bits per heavy atom. The summed E-state index contributed by atoms with van der Waals surface area (Å²) < 4.78 is 13.2. The lowest BCUT2D eigenvalue weighted by molar-refractivity contribution is -0.136. The van der Waals surface area contributed by atoms with Crippen LogP contribution in [-0.4, -0.2) is 42.2 Å². The quantitative estimate of drug-likeness (QED) is 0.747. The molecule has 5 heteroatoms. The molecule has 3 aliphatic heterocycles. The Morgan fingerprint density at radius 3 is 2.89 bits per heavy atom. The van der Waals surface area contributed by atoms with E-state index >= 15 is 0 Å². The van der Waals surface area contributed by atoms with Gasteiger partial charge >= 0.3 is 5.97 Å². The number of hydrogen-bond donors (Lipinski definition) is 0. The van der Waals surface area contributed by atoms with E-state index in [1.807, 2.05) is 13.0 Å². The fourth-order valence-electron chi connectivity index (χ4n) is 5.79. The second kappa shape index (κ2) is 6.38. The van der Waals surface area contributed by atoms with Gasteiger partial charge in [0.25, 0.3) is 0 Å². The number of ether oxygens (including phenoxy) is 2. The smallest absolute Gasteiger partial charge is 0.354 e. The van der Waals surface area contributed by atoms with E-state index in [0.717, 1.165) is 43.6 Å². The number of nitrogens with zero attached hydrogens (tertiary/aromatic N) is 2. The van der Waals surface area contributed by atoms with Crippen LogP contribution in [0.1, 0.15) is 50.4 Å². The van der Waals surface area contributed by atoms with Crippen molar-refractivity contribution in [2.75, 3.05) is 26.8 Å². The first-order valence-corrected chi connectivity index (χ1v) is 10.5. The first-order valence-electron chi connectivity index (χ1n) is 10.5. The van der Waals surface area contributed by atoms with Crippen molar-refractivity contribution in [1.29, 1.82) is 0 Å². The molecule has 1 fully saturated rings. The summed E-state index contributed by atoms with van der Waals surface area (Å²) in [6, 6.07) is 6.54. The molecule has 0 radical (unpaired) electrons. The maximum Gasteiger partial charge on any atom is 0.354 e. The minimum absolute atomic E-state index is 0.00395. The standard InChI is InChI=1S/C23H28N2O3/c1-4-23-10-6-11-24-12-9-16-17-13-15(27-3)7-8-18(17)25(20(16)21(23)24)19(14-23)22(26)28-5-2/h7-8,13-14,21H,4-6,9-12H2,1-3H3/t21?,23-/m0/s1. The Kier molecular flexibility index (Phi) is 4.05. The highest BCUT2D eigenvalue weighted by atomic mass is 16.5. The van der Waals surface area contributed by atoms with Crippen LogP contribution >= 0.6 is 0 Å². The lowest BCUT2D eigenvalue weighted by atomic mass is 9.66. The van der Waals surface area contributed by atoms with Gasteiger partial charge in [0, 0.05) is 23.0 Å². The van der Waals surface area contributed by atoms with Gasteiger partial charge in [0.05, 0.1) is 25.3 Å². The molecule has 28 heavy (non-hydrogen) atoms. The van der Waals surface area contributed by atoms with Crippen LogP contribution in [0.2, 0.25) is 0 Å². The van der Waals surface area contributed by atoms with Crippen molar-refractivity contribution in [3.63, 3.8) is 0 Å². The summed E-state index contributed by atoms with van der Waals surface area (Å²) in [5.41, 5.74) is 4.47. The molecule has 2 aromatic rings. The van der Waals surface area contributed by atoms with Gasteiger partial charge in [-0.2, -0.15) is 0 Å². The number of carbonyl (C=O) groups is 1. The Labute approximate surface area is 165 Å². The molecular formula is C23H28N2O3. The molecule has 5 nitrogen and oxygen atoms in total. The predicted molar refractivity (Wildman–Crippen MR) is 109 cm³/mol. The van der Waals surface area contributed by atoms with Crippen LogP contribution in [-0.2, 0) is 16.0 Å². The number of piperidine rings is 1. The van der Waals surface area contributed by atoms with Gasteiger partial charge in [-0.25, -0.2) is 4.79 Å². The fraction of sp³-hybridized carbons (Fsp3) is 0.522. The van der Waals surface area contributed by atoms with Gasteiger partial charge in [-0.05, 0) is 69.0 Å². The third kappa shape index (κ3) is 2.26. The lowest BCUT2D eigenvalue weighted by Crippen LogP contribution is -2.51. The van der Waals surface area contributed by atoms with E-state index in [0.29, 0.717) is 18.3 Å². The van der Waals surface area contributed by atoms with Crippen LogP contribution in [0, 0.1) is 5.41 Å². The number of benzene rings is 1.